The zero-order chi connectivity index (χ0) is 14.4. The molecule has 0 aliphatic carbocycles. The van der Waals surface area contributed by atoms with Gasteiger partial charge in [-0.3, -0.25) is 4.79 Å². The van der Waals surface area contributed by atoms with Crippen LogP contribution >= 0.6 is 0 Å². The van der Waals surface area contributed by atoms with E-state index in [9.17, 15) is 10.1 Å². The number of benzene rings is 1. The summed E-state index contributed by atoms with van der Waals surface area (Å²) in [6, 6.07) is 9.33. The number of hydrogen-bond acceptors (Lipinski definition) is 4. The largest absolute Gasteiger partial charge is 0.494 e. The maximum atomic E-state index is 12.4. The minimum Gasteiger partial charge on any atom is -0.494 e. The number of hydrogen-bond donors (Lipinski definition) is 1. The minimum absolute atomic E-state index is 0.267. The van der Waals surface area contributed by atoms with Gasteiger partial charge in [0.15, 0.2) is 0 Å². The predicted octanol–water partition coefficient (Wildman–Crippen LogP) is 2.34. The molecule has 0 radical (unpaired) electrons. The smallest absolute Gasteiger partial charge is 0.245 e. The van der Waals surface area contributed by atoms with Crippen LogP contribution in [0.5, 0.6) is 5.75 Å². The minimum atomic E-state index is -0.986. The second kappa shape index (κ2) is 6.40. The lowest BCUT2D eigenvalue weighted by molar-refractivity contribution is -0.126. The van der Waals surface area contributed by atoms with Crippen molar-refractivity contribution in [2.45, 2.75) is 19.8 Å². The molecule has 0 saturated carbocycles. The van der Waals surface area contributed by atoms with E-state index in [1.165, 1.54) is 0 Å². The summed E-state index contributed by atoms with van der Waals surface area (Å²) in [7, 11) is 0. The molecule has 1 amide bonds. The zero-order valence-electron chi connectivity index (χ0n) is 11.5. The van der Waals surface area contributed by atoms with Crippen molar-refractivity contribution in [1.29, 1.82) is 5.26 Å². The molecule has 0 unspecified atom stereocenters. The van der Waals surface area contributed by atoms with Crippen LogP contribution in [0.3, 0.4) is 0 Å². The molecule has 0 bridgehead atoms. The van der Waals surface area contributed by atoms with Crippen LogP contribution in [-0.4, -0.2) is 25.7 Å². The fraction of sp³-hybridized carbons (Fsp3) is 0.467. The first-order valence-electron chi connectivity index (χ1n) is 6.73. The van der Waals surface area contributed by atoms with E-state index in [2.05, 4.69) is 11.4 Å². The van der Waals surface area contributed by atoms with Gasteiger partial charge in [-0.1, -0.05) is 6.07 Å². The monoisotopic (exact) mass is 274 g/mol. The van der Waals surface area contributed by atoms with E-state index in [0.717, 1.165) is 0 Å². The number of carbonyl (C=O) groups is 1. The number of ether oxygens (including phenoxy) is 2. The molecule has 1 heterocycles. The van der Waals surface area contributed by atoms with Gasteiger partial charge in [-0.2, -0.15) is 5.26 Å². The van der Waals surface area contributed by atoms with Crippen molar-refractivity contribution in [3.05, 3.63) is 24.3 Å². The molecule has 0 aromatic heterocycles. The molecule has 1 aromatic carbocycles. The number of nitrogens with one attached hydrogen (secondary N) is 1. The van der Waals surface area contributed by atoms with Crippen LogP contribution in [0.2, 0.25) is 0 Å². The Bertz CT molecular complexity index is 516. The molecule has 2 rings (SSSR count). The van der Waals surface area contributed by atoms with Crippen LogP contribution in [-0.2, 0) is 9.53 Å². The molecular weight excluding hydrogens is 256 g/mol. The molecule has 1 saturated heterocycles. The van der Waals surface area contributed by atoms with Crippen molar-refractivity contribution in [1.82, 2.24) is 0 Å². The standard InChI is InChI=1S/C15H18N2O3/c1-2-20-13-5-3-4-12(10-13)17-14(18)15(11-16)6-8-19-9-7-15/h3-5,10H,2,6-9H2,1H3,(H,17,18). The van der Waals surface area contributed by atoms with E-state index >= 15 is 0 Å². The third-order valence-corrected chi connectivity index (χ3v) is 3.40. The van der Waals surface area contributed by atoms with E-state index in [1.807, 2.05) is 19.1 Å². The Labute approximate surface area is 118 Å². The number of nitrogens with zero attached hydrogens (tertiary/aromatic N) is 1. The summed E-state index contributed by atoms with van der Waals surface area (Å²) < 4.78 is 10.6. The van der Waals surface area contributed by atoms with Crippen LogP contribution in [0.15, 0.2) is 24.3 Å². The number of rotatable bonds is 4. The molecule has 1 aliphatic rings. The number of amides is 1. The fourth-order valence-corrected chi connectivity index (χ4v) is 2.19. The van der Waals surface area contributed by atoms with Crippen molar-refractivity contribution in [3.63, 3.8) is 0 Å². The average molecular weight is 274 g/mol. The molecule has 1 aliphatic heterocycles. The van der Waals surface area contributed by atoms with Gasteiger partial charge in [0.05, 0.1) is 12.7 Å². The Morgan fingerprint density at radius 1 is 1.50 bits per heavy atom. The van der Waals surface area contributed by atoms with Crippen molar-refractivity contribution >= 4 is 11.6 Å². The summed E-state index contributed by atoms with van der Waals surface area (Å²) in [5, 5.41) is 12.1. The Balaban J connectivity index is 2.10. The summed E-state index contributed by atoms with van der Waals surface area (Å²) in [6.45, 7) is 3.36. The maximum absolute atomic E-state index is 12.4. The van der Waals surface area contributed by atoms with E-state index in [4.69, 9.17) is 9.47 Å². The summed E-state index contributed by atoms with van der Waals surface area (Å²) in [5.41, 5.74) is -0.345. The first-order chi connectivity index (χ1) is 9.70. The molecule has 1 fully saturated rings. The average Bonchev–Trinajstić information content (AvgIpc) is 2.48. The Morgan fingerprint density at radius 2 is 2.25 bits per heavy atom. The lowest BCUT2D eigenvalue weighted by atomic mass is 9.81. The summed E-state index contributed by atoms with van der Waals surface area (Å²) in [4.78, 5) is 12.4. The summed E-state index contributed by atoms with van der Waals surface area (Å²) in [6.07, 6.45) is 0.862. The predicted molar refractivity (Wildman–Crippen MR) is 74.3 cm³/mol. The third kappa shape index (κ3) is 3.09. The molecule has 1 N–H and O–H groups in total. The highest BCUT2D eigenvalue weighted by molar-refractivity contribution is 5.97. The molecule has 1 aromatic rings. The second-order valence-corrected chi connectivity index (χ2v) is 4.72. The lowest BCUT2D eigenvalue weighted by Gasteiger charge is -2.29. The van der Waals surface area contributed by atoms with Crippen LogP contribution in [0.25, 0.3) is 0 Å². The summed E-state index contributed by atoms with van der Waals surface area (Å²) in [5.74, 6) is 0.431. The van der Waals surface area contributed by atoms with E-state index < -0.39 is 5.41 Å². The number of nitriles is 1. The van der Waals surface area contributed by atoms with Crippen LogP contribution in [0.1, 0.15) is 19.8 Å². The molecular formula is C15H18N2O3. The van der Waals surface area contributed by atoms with Crippen LogP contribution in [0, 0.1) is 16.7 Å². The fourth-order valence-electron chi connectivity index (χ4n) is 2.19. The highest BCUT2D eigenvalue weighted by atomic mass is 16.5. The Morgan fingerprint density at radius 3 is 2.90 bits per heavy atom. The second-order valence-electron chi connectivity index (χ2n) is 4.72. The number of anilines is 1. The van der Waals surface area contributed by atoms with Crippen molar-refractivity contribution in [2.75, 3.05) is 25.1 Å². The van der Waals surface area contributed by atoms with Gasteiger partial charge in [0.25, 0.3) is 0 Å². The van der Waals surface area contributed by atoms with Crippen LogP contribution in [0.4, 0.5) is 5.69 Å². The zero-order valence-corrected chi connectivity index (χ0v) is 11.5. The SMILES string of the molecule is CCOc1cccc(NC(=O)C2(C#N)CCOCC2)c1. The highest BCUT2D eigenvalue weighted by Gasteiger charge is 2.40. The maximum Gasteiger partial charge on any atom is 0.245 e. The Kier molecular flexibility index (Phi) is 4.59. The molecule has 0 spiro atoms. The third-order valence-electron chi connectivity index (χ3n) is 3.40. The van der Waals surface area contributed by atoms with E-state index in [-0.39, 0.29) is 5.91 Å². The van der Waals surface area contributed by atoms with E-state index in [1.54, 1.807) is 12.1 Å². The van der Waals surface area contributed by atoms with Gasteiger partial charge in [0.1, 0.15) is 11.2 Å². The van der Waals surface area contributed by atoms with Gasteiger partial charge in [0.2, 0.25) is 5.91 Å². The summed E-state index contributed by atoms with van der Waals surface area (Å²) >= 11 is 0. The number of carbonyl (C=O) groups excluding carboxylic acids is 1. The lowest BCUT2D eigenvalue weighted by Crippen LogP contribution is -2.39. The van der Waals surface area contributed by atoms with Crippen molar-refractivity contribution < 1.29 is 14.3 Å². The van der Waals surface area contributed by atoms with Gasteiger partial charge in [-0.25, -0.2) is 0 Å². The van der Waals surface area contributed by atoms with E-state index in [0.29, 0.717) is 44.1 Å². The molecule has 106 valence electrons. The van der Waals surface area contributed by atoms with Crippen LogP contribution < -0.4 is 10.1 Å². The normalized spacial score (nSPS) is 17.0. The van der Waals surface area contributed by atoms with Gasteiger partial charge in [-0.05, 0) is 31.9 Å². The van der Waals surface area contributed by atoms with Crippen molar-refractivity contribution in [3.8, 4) is 11.8 Å². The van der Waals surface area contributed by atoms with Gasteiger partial charge in [0, 0.05) is 25.0 Å². The first-order valence-corrected chi connectivity index (χ1v) is 6.73. The van der Waals surface area contributed by atoms with Gasteiger partial charge < -0.3 is 14.8 Å². The van der Waals surface area contributed by atoms with Gasteiger partial charge in [-0.15, -0.1) is 0 Å². The van der Waals surface area contributed by atoms with Gasteiger partial charge >= 0.3 is 0 Å². The molecule has 5 heteroatoms. The topological polar surface area (TPSA) is 71.3 Å². The molecule has 20 heavy (non-hydrogen) atoms. The molecule has 0 atom stereocenters. The Hall–Kier alpha value is -2.06. The highest BCUT2D eigenvalue weighted by Crippen LogP contribution is 2.31. The van der Waals surface area contributed by atoms with Crippen molar-refractivity contribution in [2.24, 2.45) is 5.41 Å². The molecule has 5 nitrogen and oxygen atoms in total. The first kappa shape index (κ1) is 14.4. The quantitative estimate of drug-likeness (QED) is 0.914.